The molecule has 3 heterocycles. The van der Waals surface area contributed by atoms with Crippen LogP contribution in [0.2, 0.25) is 0 Å². The molecule has 3 aliphatic rings. The molecule has 2 fully saturated rings. The summed E-state index contributed by atoms with van der Waals surface area (Å²) < 4.78 is 41.4. The Balaban J connectivity index is 1.85. The van der Waals surface area contributed by atoms with Gasteiger partial charge in [0, 0.05) is 46.5 Å². The molecule has 0 amide bonds. The molecule has 0 aromatic heterocycles. The first-order chi connectivity index (χ1) is 20.0. The van der Waals surface area contributed by atoms with Gasteiger partial charge in [-0.05, 0) is 32.8 Å². The number of esters is 1. The number of fused-ring (bicyclic) bond motifs is 2. The van der Waals surface area contributed by atoms with Gasteiger partial charge in [-0.3, -0.25) is 4.79 Å². The number of methoxy groups -OCH3 is 3. The number of cyclic esters (lactones) is 1. The Morgan fingerprint density at radius 2 is 1.86 bits per heavy atom. The fourth-order valence-corrected chi connectivity index (χ4v) is 5.84. The molecule has 2 saturated heterocycles. The summed E-state index contributed by atoms with van der Waals surface area (Å²) in [6.45, 7) is 9.42. The van der Waals surface area contributed by atoms with Crippen molar-refractivity contribution >= 4 is 5.97 Å². The average Bonchev–Trinajstić information content (AvgIpc) is 2.93. The first kappa shape index (κ1) is 34.6. The lowest BCUT2D eigenvalue weighted by Gasteiger charge is -2.48. The molecule has 0 unspecified atom stereocenters. The van der Waals surface area contributed by atoms with E-state index < -0.39 is 60.8 Å². The maximum absolute atomic E-state index is 13.2. The molecule has 2 bridgehead atoms. The predicted molar refractivity (Wildman–Crippen MR) is 156 cm³/mol. The second-order valence-corrected chi connectivity index (χ2v) is 11.6. The summed E-state index contributed by atoms with van der Waals surface area (Å²) in [6, 6.07) is 0. The highest BCUT2D eigenvalue weighted by Crippen LogP contribution is 2.40. The Labute approximate surface area is 250 Å². The summed E-state index contributed by atoms with van der Waals surface area (Å²) in [5.74, 6) is -2.62. The van der Waals surface area contributed by atoms with E-state index in [9.17, 15) is 15.0 Å². The summed E-state index contributed by atoms with van der Waals surface area (Å²) in [4.78, 5) is 13.2. The molecule has 3 rings (SSSR count). The van der Waals surface area contributed by atoms with E-state index in [0.29, 0.717) is 12.8 Å². The van der Waals surface area contributed by atoms with Gasteiger partial charge in [0.2, 0.25) is 0 Å². The van der Waals surface area contributed by atoms with Crippen LogP contribution in [0.25, 0.3) is 0 Å². The van der Waals surface area contributed by atoms with Crippen LogP contribution in [-0.4, -0.2) is 98.4 Å². The van der Waals surface area contributed by atoms with Crippen LogP contribution in [0.5, 0.6) is 0 Å². The van der Waals surface area contributed by atoms with E-state index >= 15 is 0 Å². The number of ether oxygens (including phenoxy) is 7. The molecule has 238 valence electrons. The van der Waals surface area contributed by atoms with E-state index in [1.165, 1.54) is 14.2 Å². The van der Waals surface area contributed by atoms with Gasteiger partial charge in [0.1, 0.15) is 24.4 Å². The van der Waals surface area contributed by atoms with E-state index in [0.717, 1.165) is 18.4 Å². The first-order valence-corrected chi connectivity index (χ1v) is 14.8. The molecule has 2 N–H and O–H groups in total. The second kappa shape index (κ2) is 16.3. The Bertz CT molecular complexity index is 963. The van der Waals surface area contributed by atoms with Gasteiger partial charge in [0.05, 0.1) is 30.8 Å². The van der Waals surface area contributed by atoms with Crippen LogP contribution >= 0.6 is 0 Å². The van der Waals surface area contributed by atoms with Crippen molar-refractivity contribution in [1.29, 1.82) is 0 Å². The number of allylic oxidation sites excluding steroid dienone is 4. The Kier molecular flexibility index (Phi) is 13.4. The highest BCUT2D eigenvalue weighted by Gasteiger charge is 2.51. The van der Waals surface area contributed by atoms with Crippen LogP contribution in [-0.2, 0) is 38.0 Å². The summed E-state index contributed by atoms with van der Waals surface area (Å²) in [7, 11) is 4.63. The fourth-order valence-electron chi connectivity index (χ4n) is 5.84. The number of carbonyl (C=O) groups is 1. The molecule has 0 spiro atoms. The van der Waals surface area contributed by atoms with Gasteiger partial charge < -0.3 is 43.4 Å². The zero-order chi connectivity index (χ0) is 30.9. The van der Waals surface area contributed by atoms with E-state index in [-0.39, 0.29) is 24.9 Å². The number of rotatable bonds is 10. The average molecular weight is 595 g/mol. The van der Waals surface area contributed by atoms with Crippen molar-refractivity contribution in [2.24, 2.45) is 5.92 Å². The normalized spacial score (nSPS) is 40.3. The minimum absolute atomic E-state index is 0.00368. The minimum Gasteiger partial charge on any atom is -0.458 e. The number of hydrogen-bond donors (Lipinski definition) is 2. The molecule has 10 nitrogen and oxygen atoms in total. The van der Waals surface area contributed by atoms with Gasteiger partial charge in [0.15, 0.2) is 12.1 Å². The Morgan fingerprint density at radius 1 is 1.12 bits per heavy atom. The van der Waals surface area contributed by atoms with E-state index in [1.807, 2.05) is 50.3 Å². The van der Waals surface area contributed by atoms with Crippen LogP contribution in [0, 0.1) is 5.92 Å². The molecule has 0 aliphatic carbocycles. The van der Waals surface area contributed by atoms with Gasteiger partial charge >= 0.3 is 5.97 Å². The van der Waals surface area contributed by atoms with Crippen molar-refractivity contribution < 1.29 is 48.2 Å². The third-order valence-electron chi connectivity index (χ3n) is 8.25. The van der Waals surface area contributed by atoms with Crippen molar-refractivity contribution in [3.8, 4) is 0 Å². The lowest BCUT2D eigenvalue weighted by molar-refractivity contribution is -0.347. The van der Waals surface area contributed by atoms with Crippen molar-refractivity contribution in [3.63, 3.8) is 0 Å². The smallest absolute Gasteiger partial charge is 0.311 e. The zero-order valence-corrected chi connectivity index (χ0v) is 25.8. The maximum Gasteiger partial charge on any atom is 0.311 e. The molecule has 3 aliphatic heterocycles. The summed E-state index contributed by atoms with van der Waals surface area (Å²) in [6.07, 6.45) is 8.20. The Hall–Kier alpha value is -1.89. The molecule has 42 heavy (non-hydrogen) atoms. The highest BCUT2D eigenvalue weighted by molar-refractivity contribution is 5.71. The lowest BCUT2D eigenvalue weighted by atomic mass is 9.84. The molecule has 0 aromatic rings. The SMILES string of the molecule is C=CCC/C=C/C=C/[C@@H]1CC(C)=C[C@@H](OC)C[C@@H]2O[C@](O)(CC(=O)O1)C[C@H](O[C@@H]1O[C@@H](C)[C@H](O)[C@@H](OC)[C@H]1OC)[C@@H]2C. The number of aliphatic hydroxyl groups excluding tert-OH is 1. The van der Waals surface area contributed by atoms with Gasteiger partial charge in [0.25, 0.3) is 0 Å². The minimum atomic E-state index is -1.84. The zero-order valence-electron chi connectivity index (χ0n) is 25.8. The maximum atomic E-state index is 13.2. The number of unbranched alkanes of at least 4 members (excludes halogenated alkanes) is 1. The predicted octanol–water partition coefficient (Wildman–Crippen LogP) is 3.76. The number of carbonyl (C=O) groups excluding carboxylic acids is 1. The third kappa shape index (κ3) is 9.30. The van der Waals surface area contributed by atoms with E-state index in [2.05, 4.69) is 6.58 Å². The van der Waals surface area contributed by atoms with Gasteiger partial charge in [-0.1, -0.05) is 42.9 Å². The van der Waals surface area contributed by atoms with Gasteiger partial charge in [-0.2, -0.15) is 0 Å². The van der Waals surface area contributed by atoms with Crippen LogP contribution < -0.4 is 0 Å². The topological polar surface area (TPSA) is 122 Å². The van der Waals surface area contributed by atoms with Crippen molar-refractivity contribution in [1.82, 2.24) is 0 Å². The monoisotopic (exact) mass is 594 g/mol. The van der Waals surface area contributed by atoms with Crippen LogP contribution in [0.15, 0.2) is 48.6 Å². The van der Waals surface area contributed by atoms with Crippen molar-refractivity contribution in [2.75, 3.05) is 21.3 Å². The Morgan fingerprint density at radius 3 is 2.52 bits per heavy atom. The van der Waals surface area contributed by atoms with Gasteiger partial charge in [-0.15, -0.1) is 6.58 Å². The lowest BCUT2D eigenvalue weighted by Crippen LogP contribution is -2.61. The quantitative estimate of drug-likeness (QED) is 0.167. The third-order valence-corrected chi connectivity index (χ3v) is 8.25. The molecule has 10 heteroatoms. The van der Waals surface area contributed by atoms with Crippen LogP contribution in [0.3, 0.4) is 0 Å². The fraction of sp³-hybridized carbons (Fsp3) is 0.719. The molecule has 0 aromatic carbocycles. The molecular formula is C32H50O10. The highest BCUT2D eigenvalue weighted by atomic mass is 16.7. The van der Waals surface area contributed by atoms with E-state index in [4.69, 9.17) is 33.2 Å². The van der Waals surface area contributed by atoms with E-state index in [1.54, 1.807) is 14.0 Å². The van der Waals surface area contributed by atoms with Crippen LogP contribution in [0.1, 0.15) is 59.3 Å². The molecular weight excluding hydrogens is 544 g/mol. The summed E-state index contributed by atoms with van der Waals surface area (Å²) in [5, 5.41) is 22.2. The molecule has 11 atom stereocenters. The summed E-state index contributed by atoms with van der Waals surface area (Å²) in [5.41, 5.74) is 1.00. The standard InChI is InChI=1S/C32H50O10/c1-8-9-10-11-12-13-14-23-15-20(2)16-24(36-5)17-25-21(3)26(18-32(35,42-25)19-27(33)40-23)41-31-30(38-7)29(37-6)28(34)22(4)39-31/h8,11-14,16,21-26,28-31,34-35H,1,9-10,15,17-19H2,2-7H3/b12-11+,14-13+,20-16?/t21-,22+,23-,24-,25+,26+,28+,29-,30-,31+,32+/m1/s1. The largest absolute Gasteiger partial charge is 0.458 e. The number of aliphatic hydroxyl groups is 2. The summed E-state index contributed by atoms with van der Waals surface area (Å²) >= 11 is 0. The van der Waals surface area contributed by atoms with Crippen molar-refractivity contribution in [2.45, 2.75) is 120 Å². The molecule has 0 radical (unpaired) electrons. The number of hydrogen-bond acceptors (Lipinski definition) is 10. The second-order valence-electron chi connectivity index (χ2n) is 11.6. The van der Waals surface area contributed by atoms with Gasteiger partial charge in [-0.25, -0.2) is 0 Å². The van der Waals surface area contributed by atoms with Crippen molar-refractivity contribution in [3.05, 3.63) is 48.6 Å². The molecule has 0 saturated carbocycles. The van der Waals surface area contributed by atoms with Crippen LogP contribution in [0.4, 0.5) is 0 Å². The first-order valence-electron chi connectivity index (χ1n) is 14.8.